The van der Waals surface area contributed by atoms with Crippen LogP contribution in [-0.4, -0.2) is 21.5 Å². The fraction of sp³-hybridized carbons (Fsp3) is 0.214. The van der Waals surface area contributed by atoms with Crippen molar-refractivity contribution in [1.82, 2.24) is 9.38 Å². The molecule has 3 aromatic rings. The first-order valence-corrected chi connectivity index (χ1v) is 6.94. The molecule has 2 aromatic heterocycles. The summed E-state index contributed by atoms with van der Waals surface area (Å²) < 4.78 is 1.94. The summed E-state index contributed by atoms with van der Waals surface area (Å²) in [4.78, 5) is 7.51. The zero-order valence-electron chi connectivity index (χ0n) is 10.9. The molecule has 0 atom stereocenters. The van der Waals surface area contributed by atoms with Gasteiger partial charge in [-0.25, -0.2) is 4.98 Å². The van der Waals surface area contributed by atoms with E-state index in [1.54, 1.807) is 11.3 Å². The van der Waals surface area contributed by atoms with Gasteiger partial charge in [0.1, 0.15) is 0 Å². The van der Waals surface area contributed by atoms with E-state index < -0.39 is 0 Å². The van der Waals surface area contributed by atoms with Crippen LogP contribution in [0.3, 0.4) is 0 Å². The molecule has 0 aliphatic rings. The van der Waals surface area contributed by atoms with Gasteiger partial charge in [0.05, 0.1) is 12.3 Å². The molecule has 0 saturated carbocycles. The van der Waals surface area contributed by atoms with Gasteiger partial charge in [-0.15, -0.1) is 11.3 Å². The van der Waals surface area contributed by atoms with Gasteiger partial charge in [0, 0.05) is 24.3 Å². The molecule has 2 heterocycles. The highest BCUT2D eigenvalue weighted by molar-refractivity contribution is 7.15. The van der Waals surface area contributed by atoms with E-state index in [2.05, 4.69) is 24.0 Å². The van der Waals surface area contributed by atoms with Crippen molar-refractivity contribution < 1.29 is 5.11 Å². The smallest absolute Gasteiger partial charge is 0.195 e. The normalized spacial score (nSPS) is 11.1. The third kappa shape index (κ3) is 2.01. The first-order chi connectivity index (χ1) is 9.20. The lowest BCUT2D eigenvalue weighted by atomic mass is 10.2. The number of benzene rings is 1. The number of aliphatic hydroxyl groups excluding tert-OH is 1. The second kappa shape index (κ2) is 4.68. The molecular weight excluding hydrogens is 258 g/mol. The Kier molecular flexibility index (Phi) is 3.00. The van der Waals surface area contributed by atoms with Crippen LogP contribution in [-0.2, 0) is 6.61 Å². The van der Waals surface area contributed by atoms with Gasteiger partial charge in [-0.2, -0.15) is 0 Å². The molecule has 98 valence electrons. The quantitative estimate of drug-likeness (QED) is 0.797. The topological polar surface area (TPSA) is 40.8 Å². The number of aryl methyl sites for hydroxylation is 1. The standard InChI is InChI=1S/C14H15N3OS/c1-10-4-3-5-11(8-10)16(2)13-12(9-18)17-6-7-19-14(17)15-13/h3-8,18H,9H2,1-2H3. The molecule has 0 amide bonds. The molecule has 0 radical (unpaired) electrons. The van der Waals surface area contributed by atoms with Crippen LogP contribution < -0.4 is 4.90 Å². The van der Waals surface area contributed by atoms with E-state index in [1.165, 1.54) is 5.56 Å². The highest BCUT2D eigenvalue weighted by atomic mass is 32.1. The second-order valence-electron chi connectivity index (χ2n) is 4.49. The Balaban J connectivity index is 2.10. The van der Waals surface area contributed by atoms with E-state index >= 15 is 0 Å². The van der Waals surface area contributed by atoms with Crippen molar-refractivity contribution in [3.8, 4) is 0 Å². The van der Waals surface area contributed by atoms with Crippen molar-refractivity contribution in [2.45, 2.75) is 13.5 Å². The Hall–Kier alpha value is -1.85. The number of aliphatic hydroxyl groups is 1. The Labute approximate surface area is 115 Å². The van der Waals surface area contributed by atoms with Crippen molar-refractivity contribution in [2.24, 2.45) is 0 Å². The van der Waals surface area contributed by atoms with E-state index in [9.17, 15) is 5.11 Å². The number of aromatic nitrogens is 2. The molecule has 1 aromatic carbocycles. The highest BCUT2D eigenvalue weighted by Crippen LogP contribution is 2.29. The summed E-state index contributed by atoms with van der Waals surface area (Å²) in [5, 5.41) is 11.6. The summed E-state index contributed by atoms with van der Waals surface area (Å²) >= 11 is 1.57. The van der Waals surface area contributed by atoms with Crippen LogP contribution in [0.5, 0.6) is 0 Å². The molecule has 19 heavy (non-hydrogen) atoms. The molecule has 4 nitrogen and oxygen atoms in total. The van der Waals surface area contributed by atoms with E-state index in [0.29, 0.717) is 0 Å². The third-order valence-electron chi connectivity index (χ3n) is 3.20. The summed E-state index contributed by atoms with van der Waals surface area (Å²) in [5.74, 6) is 0.806. The van der Waals surface area contributed by atoms with E-state index in [-0.39, 0.29) is 6.61 Å². The lowest BCUT2D eigenvalue weighted by Gasteiger charge is -2.18. The van der Waals surface area contributed by atoms with E-state index in [0.717, 1.165) is 22.2 Å². The third-order valence-corrected chi connectivity index (χ3v) is 3.95. The van der Waals surface area contributed by atoms with E-state index in [1.807, 2.05) is 40.1 Å². The summed E-state index contributed by atoms with van der Waals surface area (Å²) in [6.07, 6.45) is 1.94. The molecule has 5 heteroatoms. The number of hydrogen-bond donors (Lipinski definition) is 1. The Morgan fingerprint density at radius 3 is 3.00 bits per heavy atom. The molecule has 0 saturated heterocycles. The van der Waals surface area contributed by atoms with Gasteiger partial charge in [0.25, 0.3) is 0 Å². The van der Waals surface area contributed by atoms with Crippen LogP contribution in [0.2, 0.25) is 0 Å². The van der Waals surface area contributed by atoms with Crippen molar-refractivity contribution in [3.63, 3.8) is 0 Å². The maximum atomic E-state index is 9.59. The zero-order chi connectivity index (χ0) is 13.4. The predicted octanol–water partition coefficient (Wildman–Crippen LogP) is 2.96. The number of rotatable bonds is 3. The average Bonchev–Trinajstić information content (AvgIpc) is 2.97. The molecule has 0 aliphatic heterocycles. The molecule has 0 unspecified atom stereocenters. The average molecular weight is 273 g/mol. The molecule has 0 fully saturated rings. The molecular formula is C14H15N3OS. The summed E-state index contributed by atoms with van der Waals surface area (Å²) in [7, 11) is 1.97. The fourth-order valence-corrected chi connectivity index (χ4v) is 2.92. The molecule has 0 bridgehead atoms. The van der Waals surface area contributed by atoms with Crippen LogP contribution in [0.1, 0.15) is 11.3 Å². The minimum atomic E-state index is -0.0244. The van der Waals surface area contributed by atoms with Gasteiger partial charge in [-0.1, -0.05) is 12.1 Å². The van der Waals surface area contributed by atoms with Gasteiger partial charge in [-0.3, -0.25) is 4.40 Å². The predicted molar refractivity (Wildman–Crippen MR) is 78.2 cm³/mol. The maximum absolute atomic E-state index is 9.59. The number of anilines is 2. The second-order valence-corrected chi connectivity index (χ2v) is 5.37. The van der Waals surface area contributed by atoms with Gasteiger partial charge >= 0.3 is 0 Å². The molecule has 1 N–H and O–H groups in total. The van der Waals surface area contributed by atoms with Crippen LogP contribution in [0, 0.1) is 6.92 Å². The van der Waals surface area contributed by atoms with Gasteiger partial charge in [0.15, 0.2) is 10.8 Å². The van der Waals surface area contributed by atoms with Gasteiger partial charge < -0.3 is 10.0 Å². The fourth-order valence-electron chi connectivity index (χ4n) is 2.20. The zero-order valence-corrected chi connectivity index (χ0v) is 11.7. The Morgan fingerprint density at radius 1 is 1.42 bits per heavy atom. The number of thiazole rings is 1. The summed E-state index contributed by atoms with van der Waals surface area (Å²) in [6.45, 7) is 2.04. The Morgan fingerprint density at radius 2 is 2.26 bits per heavy atom. The first-order valence-electron chi connectivity index (χ1n) is 6.06. The van der Waals surface area contributed by atoms with Crippen LogP contribution in [0.25, 0.3) is 4.96 Å². The van der Waals surface area contributed by atoms with Crippen molar-refractivity contribution in [2.75, 3.05) is 11.9 Å². The lowest BCUT2D eigenvalue weighted by molar-refractivity contribution is 0.276. The van der Waals surface area contributed by atoms with Crippen LogP contribution in [0.15, 0.2) is 35.8 Å². The van der Waals surface area contributed by atoms with Gasteiger partial charge in [-0.05, 0) is 24.6 Å². The molecule has 0 spiro atoms. The van der Waals surface area contributed by atoms with Crippen molar-refractivity contribution in [3.05, 3.63) is 47.1 Å². The minimum absolute atomic E-state index is 0.0244. The molecule has 3 rings (SSSR count). The number of imidazole rings is 1. The van der Waals surface area contributed by atoms with Crippen LogP contribution >= 0.6 is 11.3 Å². The SMILES string of the molecule is Cc1cccc(N(C)c2nc3sccn3c2CO)c1. The number of fused-ring (bicyclic) bond motifs is 1. The van der Waals surface area contributed by atoms with Crippen molar-refractivity contribution in [1.29, 1.82) is 0 Å². The lowest BCUT2D eigenvalue weighted by Crippen LogP contribution is -2.12. The summed E-state index contributed by atoms with van der Waals surface area (Å²) in [5.41, 5.74) is 3.09. The van der Waals surface area contributed by atoms with Crippen LogP contribution in [0.4, 0.5) is 11.5 Å². The minimum Gasteiger partial charge on any atom is -0.390 e. The maximum Gasteiger partial charge on any atom is 0.195 e. The molecule has 0 aliphatic carbocycles. The summed E-state index contributed by atoms with van der Waals surface area (Å²) in [6, 6.07) is 8.24. The number of hydrogen-bond acceptors (Lipinski definition) is 4. The number of nitrogens with zero attached hydrogens (tertiary/aromatic N) is 3. The van der Waals surface area contributed by atoms with Gasteiger partial charge in [0.2, 0.25) is 0 Å². The first kappa shape index (κ1) is 12.2. The highest BCUT2D eigenvalue weighted by Gasteiger charge is 2.16. The van der Waals surface area contributed by atoms with E-state index in [4.69, 9.17) is 0 Å². The van der Waals surface area contributed by atoms with Crippen molar-refractivity contribution >= 4 is 27.8 Å². The largest absolute Gasteiger partial charge is 0.390 e. The Bertz CT molecular complexity index is 716. The monoisotopic (exact) mass is 273 g/mol.